The lowest BCUT2D eigenvalue weighted by Crippen LogP contribution is -2.48. The van der Waals surface area contributed by atoms with Crippen LogP contribution >= 0.6 is 0 Å². The number of rotatable bonds is 5. The van der Waals surface area contributed by atoms with Crippen LogP contribution in [0.1, 0.15) is 17.3 Å². The topological polar surface area (TPSA) is 118 Å². The summed E-state index contributed by atoms with van der Waals surface area (Å²) in [6.45, 7) is 1.67. The van der Waals surface area contributed by atoms with Gasteiger partial charge in [-0.3, -0.25) is 4.90 Å². The average Bonchev–Trinajstić information content (AvgIpc) is 3.09. The zero-order chi connectivity index (χ0) is 22.0. The third-order valence-electron chi connectivity index (χ3n) is 4.31. The Morgan fingerprint density at radius 2 is 1.87 bits per heavy atom. The maximum Gasteiger partial charge on any atom is 0.350 e. The van der Waals surface area contributed by atoms with Crippen LogP contribution in [0.25, 0.3) is 0 Å². The van der Waals surface area contributed by atoms with Gasteiger partial charge in [0.05, 0.1) is 7.11 Å². The van der Waals surface area contributed by atoms with Gasteiger partial charge in [-0.2, -0.15) is 5.01 Å². The molecular weight excluding hydrogens is 404 g/mol. The monoisotopic (exact) mass is 421 g/mol. The second kappa shape index (κ2) is 8.29. The molecule has 2 amide bonds. The molecule has 2 N–H and O–H groups in total. The molecule has 1 atom stereocenters. The Hall–Kier alpha value is -3.80. The smallest absolute Gasteiger partial charge is 0.350 e. The fourth-order valence-electron chi connectivity index (χ4n) is 2.87. The number of nitrogens with zero attached hydrogens (tertiary/aromatic N) is 5. The summed E-state index contributed by atoms with van der Waals surface area (Å²) in [5.41, 5.74) is -0.678. The number of carbonyl (C=O) groups is 2. The van der Waals surface area contributed by atoms with Crippen LogP contribution in [0.5, 0.6) is 5.75 Å². The van der Waals surface area contributed by atoms with E-state index in [0.717, 1.165) is 23.1 Å². The Labute approximate surface area is 169 Å². The van der Waals surface area contributed by atoms with Crippen molar-refractivity contribution in [2.24, 2.45) is 10.4 Å². The molecule has 12 heteroatoms. The predicted molar refractivity (Wildman–Crippen MR) is 99.9 cm³/mol. The molecule has 10 nitrogen and oxygen atoms in total. The number of hydrogen-bond acceptors (Lipinski definition) is 7. The van der Waals surface area contributed by atoms with E-state index in [-0.39, 0.29) is 23.5 Å². The Morgan fingerprint density at radius 3 is 2.43 bits per heavy atom. The number of amides is 2. The Kier molecular flexibility index (Phi) is 5.78. The molecule has 0 saturated carbocycles. The second-order valence-electron chi connectivity index (χ2n) is 6.00. The molecule has 1 aliphatic rings. The van der Waals surface area contributed by atoms with Crippen molar-refractivity contribution in [1.29, 1.82) is 0 Å². The van der Waals surface area contributed by atoms with Gasteiger partial charge in [-0.1, -0.05) is 6.07 Å². The number of urea groups is 1. The van der Waals surface area contributed by atoms with Gasteiger partial charge < -0.3 is 14.9 Å². The summed E-state index contributed by atoms with van der Waals surface area (Å²) in [5, 5.41) is 27.8. The molecule has 1 unspecified atom stereocenters. The van der Waals surface area contributed by atoms with Crippen LogP contribution in [-0.2, 0) is 0 Å². The highest BCUT2D eigenvalue weighted by atomic mass is 19.1. The van der Waals surface area contributed by atoms with E-state index in [2.05, 4.69) is 10.4 Å². The van der Waals surface area contributed by atoms with Crippen LogP contribution in [0.3, 0.4) is 0 Å². The molecule has 158 valence electrons. The predicted octanol–water partition coefficient (Wildman–Crippen LogP) is 3.00. The highest BCUT2D eigenvalue weighted by Gasteiger charge is 2.38. The van der Waals surface area contributed by atoms with E-state index in [9.17, 15) is 28.6 Å². The van der Waals surface area contributed by atoms with E-state index in [0.29, 0.717) is 10.0 Å². The molecule has 1 heterocycles. The number of carboxylic acids is 1. The second-order valence-corrected chi connectivity index (χ2v) is 6.00. The number of aliphatic hydroxyl groups excluding tert-OH is 1. The first kappa shape index (κ1) is 20.9. The average molecular weight is 421 g/mol. The van der Waals surface area contributed by atoms with Crippen LogP contribution in [0.2, 0.25) is 0 Å². The zero-order valence-electron chi connectivity index (χ0n) is 15.9. The quantitative estimate of drug-likeness (QED) is 0.766. The zero-order valence-corrected chi connectivity index (χ0v) is 15.9. The van der Waals surface area contributed by atoms with Gasteiger partial charge in [0.1, 0.15) is 17.0 Å². The van der Waals surface area contributed by atoms with Crippen molar-refractivity contribution in [3.8, 4) is 5.75 Å². The fraction of sp³-hybridized carbons (Fsp3) is 0.222. The van der Waals surface area contributed by atoms with Crippen molar-refractivity contribution < 1.29 is 33.3 Å². The third kappa shape index (κ3) is 3.59. The molecule has 30 heavy (non-hydrogen) atoms. The van der Waals surface area contributed by atoms with E-state index >= 15 is 0 Å². The summed E-state index contributed by atoms with van der Waals surface area (Å²) >= 11 is 0. The number of carboxylic acid groups (broad SMARTS) is 1. The highest BCUT2D eigenvalue weighted by Crippen LogP contribution is 2.31. The molecule has 0 aliphatic carbocycles. The number of para-hydroxylation sites is 1. The number of methoxy groups -OCH3 is 1. The summed E-state index contributed by atoms with van der Waals surface area (Å²) in [7, 11) is 1.31. The van der Waals surface area contributed by atoms with E-state index in [1.165, 1.54) is 25.3 Å². The standard InChI is InChI=1S/C18H17F2N5O5/c1-3-23(10-7-8-14(30-2)11(9-10)16(26)27)17(28)25-18(29)24(21-22-25)15-12(19)5-4-6-13(15)20/h4-9,18,29H,3H2,1-2H3,(H,26,27). The Bertz CT molecular complexity index is 998. The molecule has 0 saturated heterocycles. The number of hydrogen-bond donors (Lipinski definition) is 2. The summed E-state index contributed by atoms with van der Waals surface area (Å²) in [4.78, 5) is 25.5. The van der Waals surface area contributed by atoms with Crippen LogP contribution in [0, 0.1) is 11.6 Å². The number of ether oxygens (including phenoxy) is 1. The van der Waals surface area contributed by atoms with Crippen molar-refractivity contribution in [3.05, 3.63) is 53.6 Å². The SMILES string of the molecule is CCN(C(=O)N1N=NN(c2c(F)cccc2F)C1O)c1ccc(OC)c(C(=O)O)c1. The lowest BCUT2D eigenvalue weighted by atomic mass is 10.1. The largest absolute Gasteiger partial charge is 0.496 e. The number of benzene rings is 2. The number of aliphatic hydroxyl groups is 1. The first-order valence-corrected chi connectivity index (χ1v) is 8.65. The summed E-state index contributed by atoms with van der Waals surface area (Å²) in [5.74, 6) is -3.18. The minimum Gasteiger partial charge on any atom is -0.496 e. The van der Waals surface area contributed by atoms with Gasteiger partial charge in [0.2, 0.25) is 0 Å². The van der Waals surface area contributed by atoms with Crippen molar-refractivity contribution >= 4 is 23.4 Å². The van der Waals surface area contributed by atoms with Crippen molar-refractivity contribution in [2.45, 2.75) is 13.3 Å². The van der Waals surface area contributed by atoms with Gasteiger partial charge >= 0.3 is 12.0 Å². The van der Waals surface area contributed by atoms with Crippen LogP contribution in [0.4, 0.5) is 25.0 Å². The molecule has 2 aromatic rings. The van der Waals surface area contributed by atoms with E-state index in [1.54, 1.807) is 6.92 Å². The first-order valence-electron chi connectivity index (χ1n) is 8.65. The number of aromatic carboxylic acids is 1. The maximum atomic E-state index is 14.0. The van der Waals surface area contributed by atoms with E-state index in [1.807, 2.05) is 0 Å². The van der Waals surface area contributed by atoms with E-state index in [4.69, 9.17) is 4.74 Å². The van der Waals surface area contributed by atoms with Crippen LogP contribution < -0.4 is 14.6 Å². The minimum absolute atomic E-state index is 0.0665. The fourth-order valence-corrected chi connectivity index (χ4v) is 2.87. The molecule has 0 aromatic heterocycles. The summed E-state index contributed by atoms with van der Waals surface area (Å²) in [6, 6.07) is 6.21. The van der Waals surface area contributed by atoms with Crippen molar-refractivity contribution in [3.63, 3.8) is 0 Å². The molecule has 2 aromatic carbocycles. The molecule has 0 bridgehead atoms. The molecule has 0 fully saturated rings. The summed E-state index contributed by atoms with van der Waals surface area (Å²) in [6.07, 6.45) is -1.92. The van der Waals surface area contributed by atoms with Gasteiger partial charge in [0.25, 0.3) is 6.35 Å². The molecular formula is C18H17F2N5O5. The van der Waals surface area contributed by atoms with Crippen molar-refractivity contribution in [1.82, 2.24) is 5.01 Å². The normalized spacial score (nSPS) is 15.4. The maximum absolute atomic E-state index is 14.0. The number of halogens is 2. The Morgan fingerprint density at radius 1 is 1.20 bits per heavy atom. The van der Waals surface area contributed by atoms with Gasteiger partial charge in [0.15, 0.2) is 11.6 Å². The van der Waals surface area contributed by atoms with Crippen LogP contribution in [-0.4, -0.2) is 47.2 Å². The number of carbonyl (C=O) groups excluding carboxylic acids is 1. The summed E-state index contributed by atoms with van der Waals surface area (Å²) < 4.78 is 33.0. The van der Waals surface area contributed by atoms with Gasteiger partial charge in [-0.05, 0) is 47.7 Å². The van der Waals surface area contributed by atoms with Gasteiger partial charge in [0, 0.05) is 12.2 Å². The number of anilines is 2. The Balaban J connectivity index is 1.90. The van der Waals surface area contributed by atoms with Gasteiger partial charge in [-0.25, -0.2) is 18.4 Å². The van der Waals surface area contributed by atoms with Crippen LogP contribution in [0.15, 0.2) is 46.8 Å². The molecule has 1 aliphatic heterocycles. The first-order chi connectivity index (χ1) is 14.3. The molecule has 0 radical (unpaired) electrons. The third-order valence-corrected chi connectivity index (χ3v) is 4.31. The minimum atomic E-state index is -1.92. The highest BCUT2D eigenvalue weighted by molar-refractivity contribution is 5.96. The lowest BCUT2D eigenvalue weighted by Gasteiger charge is -2.28. The molecule has 0 spiro atoms. The van der Waals surface area contributed by atoms with Gasteiger partial charge in [-0.15, -0.1) is 5.01 Å². The lowest BCUT2D eigenvalue weighted by molar-refractivity contribution is 0.0531. The van der Waals surface area contributed by atoms with Crippen molar-refractivity contribution in [2.75, 3.05) is 23.6 Å². The van der Waals surface area contributed by atoms with E-state index < -0.39 is 35.7 Å². The molecule has 3 rings (SSSR count).